The van der Waals surface area contributed by atoms with Crippen LogP contribution in [0.25, 0.3) is 0 Å². The summed E-state index contributed by atoms with van der Waals surface area (Å²) < 4.78 is 0. The van der Waals surface area contributed by atoms with Crippen molar-refractivity contribution in [1.82, 2.24) is 10.1 Å². The van der Waals surface area contributed by atoms with Gasteiger partial charge in [0.05, 0.1) is 7.11 Å². The molecule has 0 radical (unpaired) electrons. The lowest BCUT2D eigenvalue weighted by Gasteiger charge is -2.01. The quantitative estimate of drug-likeness (QED) is 0.315. The molecule has 0 amide bonds. The Morgan fingerprint density at radius 3 is 0.882 bits per heavy atom. The highest BCUT2D eigenvalue weighted by molar-refractivity contribution is 15.0. The van der Waals surface area contributed by atoms with Gasteiger partial charge in [0.25, 0.3) is 0 Å². The highest BCUT2D eigenvalue weighted by Crippen LogP contribution is 1.89. The van der Waals surface area contributed by atoms with Gasteiger partial charge in [-0.15, -0.1) is 24.0 Å². The second-order valence-corrected chi connectivity index (χ2v) is 1.84. The molecule has 0 rings (SSSR count). The van der Waals surface area contributed by atoms with Crippen LogP contribution in [0.5, 0.6) is 0 Å². The molecule has 120 valence electrons. The highest BCUT2D eigenvalue weighted by Gasteiger charge is 1.70. The molecule has 0 aromatic rings. The third-order valence-electron chi connectivity index (χ3n) is 0.365. The predicted octanol–water partition coefficient (Wildman–Crippen LogP) is 5.62. The molecule has 0 aromatic carbocycles. The van der Waals surface area contributed by atoms with Crippen LogP contribution >= 0.6 is 61.2 Å². The van der Waals surface area contributed by atoms with Gasteiger partial charge in [-0.25, -0.2) is 0 Å². The fourth-order valence-corrected chi connectivity index (χ4v) is 0. The third-order valence-corrected chi connectivity index (χ3v) is 0.365. The number of nitrogens with zero attached hydrogens (tertiary/aromatic N) is 2. The van der Waals surface area contributed by atoms with Crippen molar-refractivity contribution in [3.05, 3.63) is 0 Å². The highest BCUT2D eigenvalue weighted by atomic mass is 128. The normalized spacial score (nSPS) is 5.29. The molecular weight excluding hydrogens is 561 g/mol. The summed E-state index contributed by atoms with van der Waals surface area (Å²) >= 11 is 4.24. The van der Waals surface area contributed by atoms with E-state index in [-0.39, 0.29) is 61.1 Å². The first kappa shape index (κ1) is 61.5. The smallest absolute Gasteiger partial charge is 0.0574 e. The summed E-state index contributed by atoms with van der Waals surface area (Å²) in [6.07, 6.45) is 0. The van der Waals surface area contributed by atoms with Crippen molar-refractivity contribution >= 4 is 61.2 Å². The van der Waals surface area contributed by atoms with E-state index in [2.05, 4.69) is 42.1 Å². The lowest BCUT2D eigenvalue weighted by molar-refractivity contribution is -0.0855. The van der Waals surface area contributed by atoms with Gasteiger partial charge < -0.3 is 10.0 Å². The number of hydroxylamine groups is 4. The maximum Gasteiger partial charge on any atom is 0.0574 e. The van der Waals surface area contributed by atoms with Gasteiger partial charge in [-0.3, -0.25) is 0 Å². The van der Waals surface area contributed by atoms with Crippen molar-refractivity contribution in [2.24, 2.45) is 0 Å². The molecule has 0 spiro atoms. The Balaban J connectivity index is -0.00000000721. The van der Waals surface area contributed by atoms with E-state index in [9.17, 15) is 0 Å². The van der Waals surface area contributed by atoms with Crippen LogP contribution in [-0.4, -0.2) is 50.6 Å². The topological polar surface area (TPSA) is 35.9 Å². The molecule has 0 aliphatic carbocycles. The Morgan fingerprint density at radius 2 is 0.882 bits per heavy atom. The van der Waals surface area contributed by atoms with Crippen LogP contribution in [0, 0.1) is 0 Å². The van der Waals surface area contributed by atoms with Crippen molar-refractivity contribution in [1.29, 1.82) is 0 Å². The summed E-state index contributed by atoms with van der Waals surface area (Å²) in [5.74, 6) is 0. The van der Waals surface area contributed by atoms with Crippen molar-refractivity contribution in [2.45, 2.75) is 37.1 Å². The summed E-state index contributed by atoms with van der Waals surface area (Å²) in [7, 11) is 8.40. The van der Waals surface area contributed by atoms with Gasteiger partial charge in [0.1, 0.15) is 0 Å². The SMILES string of the molecule is C.C.C.C.C.CN(C)O.CON(C)C.I.II. The minimum Gasteiger partial charge on any atom is -0.315 e. The molecule has 7 heteroatoms. The second-order valence-electron chi connectivity index (χ2n) is 1.84. The number of hydrogen-bond donors (Lipinski definition) is 1. The van der Waals surface area contributed by atoms with E-state index >= 15 is 0 Å². The van der Waals surface area contributed by atoms with Gasteiger partial charge in [0, 0.05) is 65.4 Å². The molecule has 0 bridgehead atoms. The van der Waals surface area contributed by atoms with E-state index in [4.69, 9.17) is 5.21 Å². The van der Waals surface area contributed by atoms with E-state index in [0.29, 0.717) is 0 Å². The molecular formula is C10H37I3N2O2. The van der Waals surface area contributed by atoms with Gasteiger partial charge in [-0.05, 0) is 0 Å². The first-order chi connectivity index (χ1) is 5.00. The van der Waals surface area contributed by atoms with Crippen LogP contribution in [0.4, 0.5) is 0 Å². The largest absolute Gasteiger partial charge is 0.315 e. The fraction of sp³-hybridized carbons (Fsp3) is 1.00. The van der Waals surface area contributed by atoms with Crippen molar-refractivity contribution in [3.8, 4) is 0 Å². The maximum absolute atomic E-state index is 7.89. The average Bonchev–Trinajstić information content (AvgIpc) is 1.91. The summed E-state index contributed by atoms with van der Waals surface area (Å²) in [4.78, 5) is 4.58. The Bertz CT molecular complexity index is 60.1. The van der Waals surface area contributed by atoms with E-state index in [0.717, 1.165) is 5.06 Å². The van der Waals surface area contributed by atoms with Crippen molar-refractivity contribution < 1.29 is 10.0 Å². The standard InChI is InChI=1S/C3H9NO.C2H7NO.5CH4.I2.HI/c1-4(2)5-3;1-3(2)4;;;;;;1-2;/h1-3H3;4H,1-2H3;5*1H4;;1H. The van der Waals surface area contributed by atoms with Crippen LogP contribution in [0.2, 0.25) is 0 Å². The molecule has 0 heterocycles. The fourth-order valence-electron chi connectivity index (χ4n) is 0. The lowest BCUT2D eigenvalue weighted by atomic mass is 11.2. The molecule has 0 saturated heterocycles. The van der Waals surface area contributed by atoms with Crippen LogP contribution < -0.4 is 0 Å². The molecule has 0 aliphatic rings. The molecule has 0 saturated carbocycles. The zero-order valence-electron chi connectivity index (χ0n) is 7.91. The van der Waals surface area contributed by atoms with Crippen LogP contribution in [0.1, 0.15) is 37.1 Å². The molecule has 1 N–H and O–H groups in total. The minimum atomic E-state index is 0. The van der Waals surface area contributed by atoms with Crippen LogP contribution in [0.15, 0.2) is 0 Å². The first-order valence-corrected chi connectivity index (χ1v) is 9.01. The van der Waals surface area contributed by atoms with Crippen LogP contribution in [-0.2, 0) is 4.84 Å². The monoisotopic (exact) mass is 598 g/mol. The Kier molecular flexibility index (Phi) is 232. The maximum atomic E-state index is 7.89. The van der Waals surface area contributed by atoms with Gasteiger partial charge in [-0.2, -0.15) is 10.1 Å². The Hall–Kier alpha value is 2.03. The van der Waals surface area contributed by atoms with Gasteiger partial charge in [0.2, 0.25) is 0 Å². The van der Waals surface area contributed by atoms with Gasteiger partial charge in [0.15, 0.2) is 0 Å². The van der Waals surface area contributed by atoms with E-state index in [1.807, 2.05) is 14.1 Å². The van der Waals surface area contributed by atoms with E-state index < -0.39 is 0 Å². The summed E-state index contributed by atoms with van der Waals surface area (Å²) in [5.41, 5.74) is 0. The van der Waals surface area contributed by atoms with Crippen molar-refractivity contribution in [2.75, 3.05) is 35.3 Å². The molecule has 4 nitrogen and oxygen atoms in total. The summed E-state index contributed by atoms with van der Waals surface area (Å²) in [5, 5.41) is 10.5. The molecule has 17 heavy (non-hydrogen) atoms. The Morgan fingerprint density at radius 1 is 0.824 bits per heavy atom. The summed E-state index contributed by atoms with van der Waals surface area (Å²) in [6, 6.07) is 0. The minimum absolute atomic E-state index is 0. The van der Waals surface area contributed by atoms with E-state index in [1.54, 1.807) is 26.3 Å². The molecule has 0 aromatic heterocycles. The Labute approximate surface area is 152 Å². The van der Waals surface area contributed by atoms with Crippen molar-refractivity contribution in [3.63, 3.8) is 0 Å². The predicted molar refractivity (Wildman–Crippen MR) is 113 cm³/mol. The number of hydrogen-bond acceptors (Lipinski definition) is 4. The summed E-state index contributed by atoms with van der Waals surface area (Å²) in [6.45, 7) is 0. The van der Waals surface area contributed by atoms with Gasteiger partial charge >= 0.3 is 0 Å². The molecule has 0 unspecified atom stereocenters. The first-order valence-electron chi connectivity index (χ1n) is 2.72. The second kappa shape index (κ2) is 64.1. The van der Waals surface area contributed by atoms with Crippen LogP contribution in [0.3, 0.4) is 0 Å². The molecule has 0 fully saturated rings. The molecule has 0 atom stereocenters. The number of halogens is 3. The zero-order chi connectivity index (χ0) is 9.86. The lowest BCUT2D eigenvalue weighted by Crippen LogP contribution is -2.07. The molecule has 0 aliphatic heterocycles. The zero-order valence-corrected chi connectivity index (χ0v) is 14.6. The third kappa shape index (κ3) is 285. The number of rotatable bonds is 1. The van der Waals surface area contributed by atoms with E-state index in [1.165, 1.54) is 0 Å². The average molecular weight is 598 g/mol. The van der Waals surface area contributed by atoms with Gasteiger partial charge in [-0.1, -0.05) is 37.1 Å².